The minimum absolute atomic E-state index is 0.257. The Morgan fingerprint density at radius 1 is 1.35 bits per heavy atom. The molecule has 1 aliphatic carbocycles. The number of hydrogen-bond donors (Lipinski definition) is 1. The molecule has 20 heavy (non-hydrogen) atoms. The minimum atomic E-state index is -2.85. The van der Waals surface area contributed by atoms with E-state index in [1.807, 2.05) is 7.05 Å². The van der Waals surface area contributed by atoms with E-state index in [0.29, 0.717) is 24.6 Å². The quantitative estimate of drug-likeness (QED) is 0.909. The molecule has 1 aromatic heterocycles. The summed E-state index contributed by atoms with van der Waals surface area (Å²) >= 11 is 1.73. The molecule has 0 unspecified atom stereocenters. The van der Waals surface area contributed by atoms with Crippen LogP contribution in [0.2, 0.25) is 0 Å². The van der Waals surface area contributed by atoms with Crippen LogP contribution in [-0.2, 0) is 16.4 Å². The molecule has 5 nitrogen and oxygen atoms in total. The molecule has 1 N–H and O–H groups in total. The summed E-state index contributed by atoms with van der Waals surface area (Å²) < 4.78 is 23.4. The van der Waals surface area contributed by atoms with E-state index in [2.05, 4.69) is 10.2 Å². The number of hydrogen-bond acceptors (Lipinski definition) is 6. The maximum absolute atomic E-state index is 11.7. The van der Waals surface area contributed by atoms with Crippen molar-refractivity contribution >= 4 is 26.3 Å². The highest BCUT2D eigenvalue weighted by Gasteiger charge is 2.31. The molecule has 0 radical (unpaired) electrons. The largest absolute Gasteiger partial charge is 0.347 e. The Balaban J connectivity index is 1.80. The summed E-state index contributed by atoms with van der Waals surface area (Å²) in [7, 11) is -0.902. The van der Waals surface area contributed by atoms with E-state index in [1.54, 1.807) is 11.3 Å². The molecule has 112 valence electrons. The van der Waals surface area contributed by atoms with Crippen molar-refractivity contribution in [2.75, 3.05) is 36.5 Å². The van der Waals surface area contributed by atoms with Gasteiger partial charge < -0.3 is 10.2 Å². The minimum Gasteiger partial charge on any atom is -0.347 e. The second-order valence-corrected chi connectivity index (χ2v) is 8.97. The fraction of sp³-hybridized carbons (Fsp3) is 0.769. The van der Waals surface area contributed by atoms with Gasteiger partial charge in [-0.1, -0.05) is 0 Å². The van der Waals surface area contributed by atoms with Gasteiger partial charge in [0, 0.05) is 30.4 Å². The number of anilines is 1. The first-order valence-electron chi connectivity index (χ1n) is 7.18. The molecule has 0 atom stereocenters. The van der Waals surface area contributed by atoms with Gasteiger partial charge in [-0.15, -0.1) is 11.3 Å². The Kier molecular flexibility index (Phi) is 4.01. The molecule has 0 amide bonds. The first-order valence-corrected chi connectivity index (χ1v) is 9.82. The van der Waals surface area contributed by atoms with E-state index in [4.69, 9.17) is 4.98 Å². The van der Waals surface area contributed by atoms with Crippen LogP contribution in [0.5, 0.6) is 0 Å². The normalized spacial score (nSPS) is 22.8. The van der Waals surface area contributed by atoms with Crippen molar-refractivity contribution in [3.63, 3.8) is 0 Å². The Bertz CT molecular complexity index is 578. The second-order valence-electron chi connectivity index (χ2n) is 5.60. The molecule has 0 aromatic carbocycles. The molecule has 1 aliphatic heterocycles. The fourth-order valence-corrected chi connectivity index (χ4v) is 5.06. The van der Waals surface area contributed by atoms with Crippen molar-refractivity contribution < 1.29 is 8.42 Å². The maximum Gasteiger partial charge on any atom is 0.185 e. The van der Waals surface area contributed by atoms with Gasteiger partial charge in [0.2, 0.25) is 0 Å². The zero-order chi connectivity index (χ0) is 14.2. The third-order valence-electron chi connectivity index (χ3n) is 3.84. The summed E-state index contributed by atoms with van der Waals surface area (Å²) in [5.74, 6) is 1.21. The third kappa shape index (κ3) is 3.15. The zero-order valence-electron chi connectivity index (χ0n) is 11.8. The van der Waals surface area contributed by atoms with Gasteiger partial charge >= 0.3 is 0 Å². The summed E-state index contributed by atoms with van der Waals surface area (Å²) in [5.41, 5.74) is 1.24. The second kappa shape index (κ2) is 5.61. The lowest BCUT2D eigenvalue weighted by molar-refractivity contribution is 0.597. The van der Waals surface area contributed by atoms with Crippen molar-refractivity contribution in [1.82, 2.24) is 10.3 Å². The van der Waals surface area contributed by atoms with Crippen LogP contribution < -0.4 is 10.2 Å². The van der Waals surface area contributed by atoms with Crippen LogP contribution in [0.25, 0.3) is 0 Å². The summed E-state index contributed by atoms with van der Waals surface area (Å²) in [6.07, 6.45) is 3.20. The first kappa shape index (κ1) is 14.3. The fourth-order valence-electron chi connectivity index (χ4n) is 2.58. The van der Waals surface area contributed by atoms with Crippen molar-refractivity contribution in [3.05, 3.63) is 10.6 Å². The average molecular weight is 315 g/mol. The van der Waals surface area contributed by atoms with Gasteiger partial charge in [-0.05, 0) is 26.3 Å². The van der Waals surface area contributed by atoms with Gasteiger partial charge in [0.1, 0.15) is 0 Å². The monoisotopic (exact) mass is 315 g/mol. The van der Waals surface area contributed by atoms with Crippen molar-refractivity contribution in [3.8, 4) is 0 Å². The van der Waals surface area contributed by atoms with Gasteiger partial charge in [0.25, 0.3) is 0 Å². The van der Waals surface area contributed by atoms with Gasteiger partial charge in [0.15, 0.2) is 15.0 Å². The van der Waals surface area contributed by atoms with Crippen LogP contribution in [0.3, 0.4) is 0 Å². The molecule has 2 aliphatic rings. The number of rotatable bonds is 4. The highest BCUT2D eigenvalue weighted by atomic mass is 32.2. The number of aromatic nitrogens is 1. The van der Waals surface area contributed by atoms with Gasteiger partial charge in [-0.2, -0.15) is 0 Å². The van der Waals surface area contributed by atoms with E-state index in [0.717, 1.165) is 18.2 Å². The zero-order valence-corrected chi connectivity index (χ0v) is 13.4. The van der Waals surface area contributed by atoms with E-state index in [9.17, 15) is 8.42 Å². The predicted octanol–water partition coefficient (Wildman–Crippen LogP) is 1.36. The van der Waals surface area contributed by atoms with E-state index in [-0.39, 0.29) is 5.75 Å². The molecule has 7 heteroatoms. The van der Waals surface area contributed by atoms with Gasteiger partial charge in [-0.25, -0.2) is 13.4 Å². The number of thiazole rings is 1. The summed E-state index contributed by atoms with van der Waals surface area (Å²) in [6, 6.07) is 0. The van der Waals surface area contributed by atoms with Crippen LogP contribution in [-0.4, -0.2) is 45.0 Å². The first-order chi connectivity index (χ1) is 9.59. The predicted molar refractivity (Wildman–Crippen MR) is 82.3 cm³/mol. The lowest BCUT2D eigenvalue weighted by Crippen LogP contribution is -2.26. The van der Waals surface area contributed by atoms with Crippen LogP contribution in [0.15, 0.2) is 0 Å². The van der Waals surface area contributed by atoms with Crippen LogP contribution >= 0.6 is 11.3 Å². The molecule has 1 saturated heterocycles. The molecule has 0 bridgehead atoms. The van der Waals surface area contributed by atoms with Crippen LogP contribution in [0.1, 0.15) is 35.8 Å². The summed E-state index contributed by atoms with van der Waals surface area (Å²) in [4.78, 5) is 8.28. The lowest BCUT2D eigenvalue weighted by atomic mass is 10.2. The summed E-state index contributed by atoms with van der Waals surface area (Å²) in [6.45, 7) is 2.24. The standard InChI is InChI=1S/C13H21N3O2S2/c1-14-9-11-12(10-3-4-10)15-13(19-11)16-5-2-7-20(17,18)8-6-16/h10,14H,2-9H2,1H3. The number of sulfone groups is 1. The molecular formula is C13H21N3O2S2. The molecule has 0 spiro atoms. The molecule has 2 heterocycles. The Hall–Kier alpha value is -0.660. The van der Waals surface area contributed by atoms with Crippen molar-refractivity contribution in [2.24, 2.45) is 0 Å². The molecular weight excluding hydrogens is 294 g/mol. The SMILES string of the molecule is CNCc1sc(N2CCCS(=O)(=O)CC2)nc1C1CC1. The molecule has 3 rings (SSSR count). The van der Waals surface area contributed by atoms with E-state index in [1.165, 1.54) is 23.4 Å². The van der Waals surface area contributed by atoms with Crippen molar-refractivity contribution in [2.45, 2.75) is 31.7 Å². The summed E-state index contributed by atoms with van der Waals surface area (Å²) in [5, 5.41) is 4.21. The van der Waals surface area contributed by atoms with E-state index < -0.39 is 9.84 Å². The molecule has 2 fully saturated rings. The highest BCUT2D eigenvalue weighted by Crippen LogP contribution is 2.44. The number of nitrogens with one attached hydrogen (secondary N) is 1. The maximum atomic E-state index is 11.7. The van der Waals surface area contributed by atoms with Crippen LogP contribution in [0, 0.1) is 0 Å². The molecule has 1 saturated carbocycles. The van der Waals surface area contributed by atoms with Crippen LogP contribution in [0.4, 0.5) is 5.13 Å². The topological polar surface area (TPSA) is 62.3 Å². The average Bonchev–Trinajstić information content (AvgIpc) is 3.18. The smallest absolute Gasteiger partial charge is 0.185 e. The van der Waals surface area contributed by atoms with Gasteiger partial charge in [-0.3, -0.25) is 0 Å². The highest BCUT2D eigenvalue weighted by molar-refractivity contribution is 7.91. The Labute approximate surface area is 124 Å². The number of nitrogens with zero attached hydrogens (tertiary/aromatic N) is 2. The van der Waals surface area contributed by atoms with Gasteiger partial charge in [0.05, 0.1) is 17.2 Å². The Morgan fingerprint density at radius 2 is 2.15 bits per heavy atom. The third-order valence-corrected chi connectivity index (χ3v) is 6.69. The lowest BCUT2D eigenvalue weighted by Gasteiger charge is -2.17. The van der Waals surface area contributed by atoms with Crippen molar-refractivity contribution in [1.29, 1.82) is 0 Å². The Morgan fingerprint density at radius 3 is 2.85 bits per heavy atom. The molecule has 1 aromatic rings. The van der Waals surface area contributed by atoms with E-state index >= 15 is 0 Å².